The van der Waals surface area contributed by atoms with E-state index in [9.17, 15) is 9.59 Å². The molecule has 0 aromatic carbocycles. The normalized spacial score (nSPS) is 13.7. The van der Waals surface area contributed by atoms with E-state index in [1.165, 1.54) is 0 Å². The maximum atomic E-state index is 10.9. The summed E-state index contributed by atoms with van der Waals surface area (Å²) in [5.74, 6) is 0.188. The summed E-state index contributed by atoms with van der Waals surface area (Å²) in [7, 11) is 0. The largest absolute Gasteiger partial charge is 0.313 e. The molecule has 0 bridgehead atoms. The van der Waals surface area contributed by atoms with Gasteiger partial charge < -0.3 is 10.1 Å². The Labute approximate surface area is 86.3 Å². The average Bonchev–Trinajstić information content (AvgIpc) is 2.12. The lowest BCUT2D eigenvalue weighted by Gasteiger charge is -2.22. The van der Waals surface area contributed by atoms with Crippen molar-refractivity contribution < 1.29 is 9.59 Å². The molecule has 0 radical (unpaired) electrons. The Morgan fingerprint density at radius 2 is 2.07 bits per heavy atom. The zero-order valence-corrected chi connectivity index (χ0v) is 9.59. The highest BCUT2D eigenvalue weighted by atomic mass is 16.1. The van der Waals surface area contributed by atoms with E-state index in [0.29, 0.717) is 13.0 Å². The summed E-state index contributed by atoms with van der Waals surface area (Å²) in [5, 5.41) is 3.24. The second-order valence-corrected chi connectivity index (χ2v) is 4.50. The molecule has 0 aromatic heterocycles. The maximum absolute atomic E-state index is 10.9. The highest BCUT2D eigenvalue weighted by Crippen LogP contribution is 2.10. The van der Waals surface area contributed by atoms with E-state index >= 15 is 0 Å². The zero-order chi connectivity index (χ0) is 11.2. The molecular formula is C11H21NO2. The van der Waals surface area contributed by atoms with Crippen LogP contribution in [-0.2, 0) is 9.59 Å². The van der Waals surface area contributed by atoms with Gasteiger partial charge in [-0.2, -0.15) is 0 Å². The third kappa shape index (κ3) is 5.86. The molecule has 1 atom stereocenters. The smallest absolute Gasteiger partial charge is 0.131 e. The van der Waals surface area contributed by atoms with Crippen molar-refractivity contribution in [1.82, 2.24) is 5.32 Å². The first-order chi connectivity index (χ1) is 6.41. The highest BCUT2D eigenvalue weighted by Gasteiger charge is 2.18. The number of hydrogen-bond acceptors (Lipinski definition) is 3. The third-order valence-corrected chi connectivity index (χ3v) is 2.19. The van der Waals surface area contributed by atoms with Gasteiger partial charge in [0.1, 0.15) is 12.1 Å². The molecule has 0 amide bonds. The fourth-order valence-corrected chi connectivity index (χ4v) is 1.16. The lowest BCUT2D eigenvalue weighted by Crippen LogP contribution is -2.38. The van der Waals surface area contributed by atoms with Gasteiger partial charge in [-0.25, -0.2) is 0 Å². The van der Waals surface area contributed by atoms with Crippen LogP contribution >= 0.6 is 0 Å². The molecule has 0 aromatic rings. The summed E-state index contributed by atoms with van der Waals surface area (Å²) in [6.07, 6.45) is 2.40. The summed E-state index contributed by atoms with van der Waals surface area (Å²) in [6, 6.07) is 0.201. The second-order valence-electron chi connectivity index (χ2n) is 4.50. The van der Waals surface area contributed by atoms with Crippen molar-refractivity contribution in [2.75, 3.05) is 6.54 Å². The fourth-order valence-electron chi connectivity index (χ4n) is 1.16. The van der Waals surface area contributed by atoms with Gasteiger partial charge in [-0.05, 0) is 13.3 Å². The van der Waals surface area contributed by atoms with E-state index in [1.807, 2.05) is 20.8 Å². The quantitative estimate of drug-likeness (QED) is 0.633. The van der Waals surface area contributed by atoms with Crippen molar-refractivity contribution >= 4 is 12.1 Å². The molecule has 0 saturated carbocycles. The first-order valence-corrected chi connectivity index (χ1v) is 5.10. The summed E-state index contributed by atoms with van der Waals surface area (Å²) in [4.78, 5) is 21.5. The molecule has 0 aliphatic carbocycles. The van der Waals surface area contributed by atoms with Crippen molar-refractivity contribution in [3.05, 3.63) is 0 Å². The Hall–Kier alpha value is -0.700. The van der Waals surface area contributed by atoms with E-state index < -0.39 is 0 Å². The maximum Gasteiger partial charge on any atom is 0.131 e. The van der Waals surface area contributed by atoms with Crippen molar-refractivity contribution in [3.63, 3.8) is 0 Å². The van der Waals surface area contributed by atoms with Crippen LogP contribution in [0.25, 0.3) is 0 Å². The van der Waals surface area contributed by atoms with Crippen molar-refractivity contribution in [3.8, 4) is 0 Å². The van der Waals surface area contributed by atoms with Crippen molar-refractivity contribution in [2.45, 2.75) is 46.6 Å². The first kappa shape index (κ1) is 13.3. The van der Waals surface area contributed by atoms with Crippen LogP contribution in [0.1, 0.15) is 40.5 Å². The summed E-state index contributed by atoms with van der Waals surface area (Å²) in [6.45, 7) is 8.02. The summed E-state index contributed by atoms with van der Waals surface area (Å²) in [5.41, 5.74) is -0.343. The predicted octanol–water partition coefficient (Wildman–Crippen LogP) is 1.56. The first-order valence-electron chi connectivity index (χ1n) is 5.10. The van der Waals surface area contributed by atoms with E-state index in [0.717, 1.165) is 12.7 Å². The monoisotopic (exact) mass is 199 g/mol. The molecule has 0 heterocycles. The highest BCUT2D eigenvalue weighted by molar-refractivity contribution is 5.76. The van der Waals surface area contributed by atoms with Crippen LogP contribution in [0.5, 0.6) is 0 Å². The number of hydrogen-bond donors (Lipinski definition) is 1. The Kier molecular flexibility index (Phi) is 5.62. The Morgan fingerprint density at radius 1 is 1.50 bits per heavy atom. The van der Waals surface area contributed by atoms with Crippen LogP contribution in [-0.4, -0.2) is 24.7 Å². The van der Waals surface area contributed by atoms with Crippen LogP contribution in [0, 0.1) is 5.41 Å². The molecule has 3 heteroatoms. The SMILES string of the molecule is CCC(CC(C)=O)NCC(C)(C)C=O. The second kappa shape index (κ2) is 5.91. The number of rotatable bonds is 7. The fraction of sp³-hybridized carbons (Fsp3) is 0.818. The van der Waals surface area contributed by atoms with Gasteiger partial charge >= 0.3 is 0 Å². The molecule has 1 N–H and O–H groups in total. The standard InChI is InChI=1S/C11H21NO2/c1-5-10(6-9(2)14)12-7-11(3,4)8-13/h8,10,12H,5-7H2,1-4H3. The van der Waals surface area contributed by atoms with E-state index in [2.05, 4.69) is 5.32 Å². The van der Waals surface area contributed by atoms with Crippen LogP contribution < -0.4 is 5.32 Å². The van der Waals surface area contributed by atoms with E-state index in [-0.39, 0.29) is 17.2 Å². The molecule has 0 saturated heterocycles. The minimum Gasteiger partial charge on any atom is -0.313 e. The topological polar surface area (TPSA) is 46.2 Å². The molecule has 82 valence electrons. The minimum absolute atomic E-state index is 0.188. The molecule has 0 spiro atoms. The van der Waals surface area contributed by atoms with Gasteiger partial charge in [0, 0.05) is 24.4 Å². The summed E-state index contributed by atoms with van der Waals surface area (Å²) < 4.78 is 0. The van der Waals surface area contributed by atoms with E-state index in [4.69, 9.17) is 0 Å². The molecule has 0 aliphatic rings. The van der Waals surface area contributed by atoms with Gasteiger partial charge in [0.25, 0.3) is 0 Å². The van der Waals surface area contributed by atoms with E-state index in [1.54, 1.807) is 6.92 Å². The molecule has 14 heavy (non-hydrogen) atoms. The van der Waals surface area contributed by atoms with Crippen LogP contribution in [0.4, 0.5) is 0 Å². The lowest BCUT2D eigenvalue weighted by atomic mass is 9.95. The van der Waals surface area contributed by atoms with Crippen LogP contribution in [0.15, 0.2) is 0 Å². The third-order valence-electron chi connectivity index (χ3n) is 2.19. The summed E-state index contributed by atoms with van der Waals surface area (Å²) >= 11 is 0. The van der Waals surface area contributed by atoms with Gasteiger partial charge in [0.2, 0.25) is 0 Å². The number of nitrogens with one attached hydrogen (secondary N) is 1. The molecule has 0 fully saturated rings. The number of Topliss-reactive ketones (excluding diaryl/α,β-unsaturated/α-hetero) is 1. The van der Waals surface area contributed by atoms with Gasteiger partial charge in [-0.1, -0.05) is 20.8 Å². The number of carbonyl (C=O) groups excluding carboxylic acids is 2. The molecular weight excluding hydrogens is 178 g/mol. The molecule has 3 nitrogen and oxygen atoms in total. The molecule has 1 unspecified atom stereocenters. The number of ketones is 1. The average molecular weight is 199 g/mol. The minimum atomic E-state index is -0.343. The number of aldehydes is 1. The van der Waals surface area contributed by atoms with Gasteiger partial charge in [0.15, 0.2) is 0 Å². The van der Waals surface area contributed by atoms with Gasteiger partial charge in [-0.3, -0.25) is 4.79 Å². The van der Waals surface area contributed by atoms with Crippen molar-refractivity contribution in [2.24, 2.45) is 5.41 Å². The Bertz CT molecular complexity index is 199. The Morgan fingerprint density at radius 3 is 2.43 bits per heavy atom. The van der Waals surface area contributed by atoms with Gasteiger partial charge in [0.05, 0.1) is 0 Å². The lowest BCUT2D eigenvalue weighted by molar-refractivity contribution is -0.117. The molecule has 0 aliphatic heterocycles. The predicted molar refractivity (Wildman–Crippen MR) is 57.2 cm³/mol. The van der Waals surface area contributed by atoms with Crippen LogP contribution in [0.3, 0.4) is 0 Å². The molecule has 0 rings (SSSR count). The Balaban J connectivity index is 3.95. The van der Waals surface area contributed by atoms with Crippen LogP contribution in [0.2, 0.25) is 0 Å². The van der Waals surface area contributed by atoms with Gasteiger partial charge in [-0.15, -0.1) is 0 Å². The van der Waals surface area contributed by atoms with Crippen molar-refractivity contribution in [1.29, 1.82) is 0 Å². The zero-order valence-electron chi connectivity index (χ0n) is 9.59. The number of carbonyl (C=O) groups is 2.